The van der Waals surface area contributed by atoms with Crippen LogP contribution >= 0.6 is 34.5 Å². The second-order valence-corrected chi connectivity index (χ2v) is 6.81. The van der Waals surface area contributed by atoms with Crippen LogP contribution in [0, 0.1) is 0 Å². The summed E-state index contributed by atoms with van der Waals surface area (Å²) in [7, 11) is -1.42. The fourth-order valence-electron chi connectivity index (χ4n) is 2.16. The largest absolute Gasteiger partial charge is 0.499 e. The summed E-state index contributed by atoms with van der Waals surface area (Å²) in [4.78, 5) is 0. The molecule has 3 aromatic rings. The quantitative estimate of drug-likeness (QED) is 0.630. The number of hydrogen-bond acceptors (Lipinski definition) is 4. The minimum atomic E-state index is -1.42. The molecule has 0 fully saturated rings. The maximum atomic E-state index is 9.22. The first kappa shape index (κ1) is 15.7. The van der Waals surface area contributed by atoms with Crippen molar-refractivity contribution in [2.45, 2.75) is 6.54 Å². The maximum Gasteiger partial charge on any atom is 0.499 e. The highest BCUT2D eigenvalue weighted by Gasteiger charge is 2.14. The van der Waals surface area contributed by atoms with E-state index in [0.29, 0.717) is 21.4 Å². The number of hydrogen-bond donors (Lipinski definition) is 3. The van der Waals surface area contributed by atoms with Crippen LogP contribution in [0.3, 0.4) is 0 Å². The number of fused-ring (bicyclic) bond motifs is 1. The van der Waals surface area contributed by atoms with Crippen molar-refractivity contribution in [3.63, 3.8) is 0 Å². The van der Waals surface area contributed by atoms with Gasteiger partial charge in [-0.2, -0.15) is 0 Å². The second-order valence-electron chi connectivity index (χ2n) is 4.88. The summed E-state index contributed by atoms with van der Waals surface area (Å²) in [5, 5.41) is 23.8. The predicted octanol–water partition coefficient (Wildman–Crippen LogP) is 3.50. The molecule has 0 spiro atoms. The lowest BCUT2D eigenvalue weighted by molar-refractivity contribution is 0.427. The Hall–Kier alpha value is -1.24. The first-order valence-corrected chi connectivity index (χ1v) is 8.17. The van der Waals surface area contributed by atoms with Gasteiger partial charge in [-0.3, -0.25) is 0 Å². The molecule has 1 aromatic heterocycles. The van der Waals surface area contributed by atoms with Gasteiger partial charge in [-0.1, -0.05) is 29.3 Å². The summed E-state index contributed by atoms with van der Waals surface area (Å²) < 4.78 is 1.57. The summed E-state index contributed by atoms with van der Waals surface area (Å²) in [6.07, 6.45) is 0. The molecule has 3 nitrogen and oxygen atoms in total. The van der Waals surface area contributed by atoms with Gasteiger partial charge in [0.15, 0.2) is 0 Å². The van der Waals surface area contributed by atoms with Crippen molar-refractivity contribution in [1.29, 1.82) is 0 Å². The summed E-state index contributed by atoms with van der Waals surface area (Å²) in [5.41, 5.74) is 1.99. The van der Waals surface area contributed by atoms with Crippen LogP contribution in [0.5, 0.6) is 0 Å². The number of rotatable bonds is 4. The van der Waals surface area contributed by atoms with Gasteiger partial charge in [0, 0.05) is 21.7 Å². The van der Waals surface area contributed by atoms with Crippen molar-refractivity contribution in [2.75, 3.05) is 5.32 Å². The molecule has 1 heterocycles. The summed E-state index contributed by atoms with van der Waals surface area (Å²) in [5.74, 6) is 0. The highest BCUT2D eigenvalue weighted by Crippen LogP contribution is 2.26. The van der Waals surface area contributed by atoms with E-state index < -0.39 is 7.12 Å². The minimum Gasteiger partial charge on any atom is -0.423 e. The molecule has 2 aromatic carbocycles. The van der Waals surface area contributed by atoms with Gasteiger partial charge in [0.25, 0.3) is 0 Å². The third-order valence-electron chi connectivity index (χ3n) is 3.27. The van der Waals surface area contributed by atoms with E-state index in [2.05, 4.69) is 5.32 Å². The SMILES string of the molecule is OB(O)c1cc2cc(CNc3ccc(Cl)c(Cl)c3)ccc2s1. The number of thiophene rings is 1. The molecule has 22 heavy (non-hydrogen) atoms. The molecule has 0 unspecified atom stereocenters. The van der Waals surface area contributed by atoms with Crippen LogP contribution < -0.4 is 10.1 Å². The average molecular weight is 352 g/mol. The first-order valence-electron chi connectivity index (χ1n) is 6.60. The predicted molar refractivity (Wildman–Crippen MR) is 95.4 cm³/mol. The molecular formula is C15H12BCl2NO2S. The van der Waals surface area contributed by atoms with E-state index in [0.717, 1.165) is 21.3 Å². The standard InChI is InChI=1S/C15H12BCl2NO2S/c17-12-3-2-11(7-13(12)18)19-8-9-1-4-14-10(5-9)6-15(22-14)16(20)21/h1-7,19-21H,8H2. The zero-order valence-electron chi connectivity index (χ0n) is 11.4. The Labute approximate surface area is 142 Å². The fourth-order valence-corrected chi connectivity index (χ4v) is 3.38. The van der Waals surface area contributed by atoms with Gasteiger partial charge in [-0.15, -0.1) is 11.3 Å². The van der Waals surface area contributed by atoms with Gasteiger partial charge in [-0.25, -0.2) is 0 Å². The molecule has 0 aliphatic carbocycles. The van der Waals surface area contributed by atoms with Gasteiger partial charge in [0.2, 0.25) is 0 Å². The molecule has 0 saturated carbocycles. The number of benzene rings is 2. The second kappa shape index (κ2) is 6.48. The molecule has 0 saturated heterocycles. The molecule has 3 N–H and O–H groups in total. The zero-order chi connectivity index (χ0) is 15.7. The topological polar surface area (TPSA) is 52.5 Å². The minimum absolute atomic E-state index is 0.515. The van der Waals surface area contributed by atoms with Gasteiger partial charge in [0.1, 0.15) is 0 Å². The van der Waals surface area contributed by atoms with E-state index in [1.807, 2.05) is 24.3 Å². The maximum absolute atomic E-state index is 9.22. The van der Waals surface area contributed by atoms with Crippen LogP contribution in [0.4, 0.5) is 5.69 Å². The Bertz CT molecular complexity index is 822. The monoisotopic (exact) mass is 351 g/mol. The number of halogens is 2. The third kappa shape index (κ3) is 3.40. The van der Waals surface area contributed by atoms with E-state index in [9.17, 15) is 10.0 Å². The Morgan fingerprint density at radius 2 is 1.82 bits per heavy atom. The lowest BCUT2D eigenvalue weighted by Crippen LogP contribution is -2.26. The normalized spacial score (nSPS) is 10.9. The highest BCUT2D eigenvalue weighted by molar-refractivity contribution is 7.27. The van der Waals surface area contributed by atoms with Crippen molar-refractivity contribution in [2.24, 2.45) is 0 Å². The van der Waals surface area contributed by atoms with Crippen LogP contribution in [0.25, 0.3) is 10.1 Å². The van der Waals surface area contributed by atoms with Crippen molar-refractivity contribution in [3.05, 3.63) is 58.1 Å². The first-order chi connectivity index (χ1) is 10.5. The van der Waals surface area contributed by atoms with Crippen LogP contribution in [-0.2, 0) is 6.54 Å². The smallest absolute Gasteiger partial charge is 0.423 e. The number of anilines is 1. The Morgan fingerprint density at radius 3 is 2.55 bits per heavy atom. The number of nitrogens with one attached hydrogen (secondary N) is 1. The van der Waals surface area contributed by atoms with Gasteiger partial charge >= 0.3 is 7.12 Å². The molecule has 0 amide bonds. The fraction of sp³-hybridized carbons (Fsp3) is 0.0667. The van der Waals surface area contributed by atoms with Crippen molar-refractivity contribution >= 4 is 62.2 Å². The van der Waals surface area contributed by atoms with Gasteiger partial charge in [-0.05, 0) is 47.3 Å². The average Bonchev–Trinajstić information content (AvgIpc) is 2.92. The molecule has 0 aliphatic rings. The Balaban J connectivity index is 1.77. The molecule has 0 atom stereocenters. The van der Waals surface area contributed by atoms with E-state index in [-0.39, 0.29) is 0 Å². The van der Waals surface area contributed by atoms with E-state index in [1.54, 1.807) is 18.2 Å². The van der Waals surface area contributed by atoms with Gasteiger partial charge in [0.05, 0.1) is 10.0 Å². The van der Waals surface area contributed by atoms with Crippen LogP contribution in [-0.4, -0.2) is 17.2 Å². The summed E-state index contributed by atoms with van der Waals surface area (Å²) >= 11 is 13.3. The molecule has 0 radical (unpaired) electrons. The molecule has 112 valence electrons. The summed E-state index contributed by atoms with van der Waals surface area (Å²) in [6, 6.07) is 13.2. The zero-order valence-corrected chi connectivity index (χ0v) is 13.7. The van der Waals surface area contributed by atoms with E-state index in [1.165, 1.54) is 11.3 Å². The Morgan fingerprint density at radius 1 is 1.00 bits per heavy atom. The van der Waals surface area contributed by atoms with Gasteiger partial charge < -0.3 is 15.4 Å². The van der Waals surface area contributed by atoms with Crippen LogP contribution in [0.2, 0.25) is 10.0 Å². The van der Waals surface area contributed by atoms with E-state index >= 15 is 0 Å². The van der Waals surface area contributed by atoms with Crippen molar-refractivity contribution in [1.82, 2.24) is 0 Å². The highest BCUT2D eigenvalue weighted by atomic mass is 35.5. The molecule has 3 rings (SSSR count). The lowest BCUT2D eigenvalue weighted by Gasteiger charge is -2.07. The third-order valence-corrected chi connectivity index (χ3v) is 5.17. The Kier molecular flexibility index (Phi) is 4.61. The van der Waals surface area contributed by atoms with E-state index in [4.69, 9.17) is 23.2 Å². The van der Waals surface area contributed by atoms with Crippen LogP contribution in [0.15, 0.2) is 42.5 Å². The van der Waals surface area contributed by atoms with Crippen molar-refractivity contribution in [3.8, 4) is 0 Å². The lowest BCUT2D eigenvalue weighted by atomic mass is 9.89. The van der Waals surface area contributed by atoms with Crippen LogP contribution in [0.1, 0.15) is 5.56 Å². The molecular weight excluding hydrogens is 340 g/mol. The molecule has 0 aliphatic heterocycles. The molecule has 0 bridgehead atoms. The van der Waals surface area contributed by atoms with Crippen molar-refractivity contribution < 1.29 is 10.0 Å². The summed E-state index contributed by atoms with van der Waals surface area (Å²) in [6.45, 7) is 0.640. The molecule has 7 heteroatoms.